The highest BCUT2D eigenvalue weighted by Gasteiger charge is 2.38. The van der Waals surface area contributed by atoms with E-state index in [1.807, 2.05) is 19.1 Å². The van der Waals surface area contributed by atoms with Crippen molar-refractivity contribution in [3.63, 3.8) is 0 Å². The Morgan fingerprint density at radius 2 is 1.89 bits per heavy atom. The lowest BCUT2D eigenvalue weighted by Gasteiger charge is -2.10. The van der Waals surface area contributed by atoms with E-state index in [1.165, 1.54) is 7.05 Å². The molecule has 19 heavy (non-hydrogen) atoms. The fourth-order valence-corrected chi connectivity index (χ4v) is 2.66. The fraction of sp³-hybridized carbons (Fsp3) is 0.357. The summed E-state index contributed by atoms with van der Waals surface area (Å²) in [5.41, 5.74) is 1.55. The number of nitriles is 1. The van der Waals surface area contributed by atoms with Crippen LogP contribution in [0.5, 0.6) is 0 Å². The van der Waals surface area contributed by atoms with Gasteiger partial charge < -0.3 is 4.57 Å². The van der Waals surface area contributed by atoms with Gasteiger partial charge in [-0.05, 0) is 31.0 Å². The Hall–Kier alpha value is -1.96. The largest absolute Gasteiger partial charge is 0.431 e. The third-order valence-electron chi connectivity index (χ3n) is 3.27. The Kier molecular flexibility index (Phi) is 3.05. The summed E-state index contributed by atoms with van der Waals surface area (Å²) >= 11 is 0. The SMILES string of the molecule is Cc1cc(C)c2c(CC#N)c(C(F)(F)F)n(C)c2c1. The molecule has 5 heteroatoms. The van der Waals surface area contributed by atoms with E-state index < -0.39 is 11.9 Å². The first-order valence-electron chi connectivity index (χ1n) is 5.80. The molecule has 2 nitrogen and oxygen atoms in total. The predicted octanol–water partition coefficient (Wildman–Crippen LogP) is 3.88. The van der Waals surface area contributed by atoms with Crippen LogP contribution in [0.4, 0.5) is 13.2 Å². The minimum Gasteiger partial charge on any atom is -0.340 e. The maximum absolute atomic E-state index is 13.2. The van der Waals surface area contributed by atoms with Crippen LogP contribution >= 0.6 is 0 Å². The third-order valence-corrected chi connectivity index (χ3v) is 3.27. The van der Waals surface area contributed by atoms with Gasteiger partial charge in [-0.3, -0.25) is 0 Å². The first kappa shape index (κ1) is 13.5. The molecule has 0 spiro atoms. The lowest BCUT2D eigenvalue weighted by Crippen LogP contribution is -2.13. The molecule has 0 radical (unpaired) electrons. The first-order valence-corrected chi connectivity index (χ1v) is 5.80. The van der Waals surface area contributed by atoms with E-state index in [0.717, 1.165) is 15.7 Å². The molecule has 0 atom stereocenters. The molecule has 2 rings (SSSR count). The van der Waals surface area contributed by atoms with Gasteiger partial charge in [0, 0.05) is 23.5 Å². The summed E-state index contributed by atoms with van der Waals surface area (Å²) in [5, 5.41) is 9.34. The van der Waals surface area contributed by atoms with Crippen molar-refractivity contribution in [1.82, 2.24) is 4.57 Å². The average molecular weight is 266 g/mol. The Labute approximate surface area is 109 Å². The van der Waals surface area contributed by atoms with Crippen molar-refractivity contribution in [1.29, 1.82) is 5.26 Å². The Morgan fingerprint density at radius 3 is 2.42 bits per heavy atom. The van der Waals surface area contributed by atoms with Gasteiger partial charge in [-0.1, -0.05) is 6.07 Å². The Bertz CT molecular complexity index is 687. The molecule has 1 heterocycles. The summed E-state index contributed by atoms with van der Waals surface area (Å²) in [7, 11) is 1.39. The molecule has 100 valence electrons. The zero-order valence-electron chi connectivity index (χ0n) is 10.9. The van der Waals surface area contributed by atoms with Crippen molar-refractivity contribution in [3.8, 4) is 6.07 Å². The van der Waals surface area contributed by atoms with Crippen LogP contribution in [0.2, 0.25) is 0 Å². The molecule has 0 saturated heterocycles. The summed E-state index contributed by atoms with van der Waals surface area (Å²) < 4.78 is 40.7. The second-order valence-electron chi connectivity index (χ2n) is 4.69. The molecule has 0 saturated carbocycles. The van der Waals surface area contributed by atoms with Crippen LogP contribution in [-0.4, -0.2) is 4.57 Å². The van der Waals surface area contributed by atoms with Gasteiger partial charge in [0.2, 0.25) is 0 Å². The van der Waals surface area contributed by atoms with E-state index in [-0.39, 0.29) is 12.0 Å². The number of fused-ring (bicyclic) bond motifs is 1. The molecule has 1 aromatic heterocycles. The zero-order valence-corrected chi connectivity index (χ0v) is 10.9. The highest BCUT2D eigenvalue weighted by molar-refractivity contribution is 5.89. The molecule has 0 unspecified atom stereocenters. The molecule has 0 N–H and O–H groups in total. The maximum atomic E-state index is 13.2. The van der Waals surface area contributed by atoms with E-state index in [9.17, 15) is 13.2 Å². The number of nitrogens with zero attached hydrogens (tertiary/aromatic N) is 2. The summed E-state index contributed by atoms with van der Waals surface area (Å²) in [5.74, 6) is 0. The summed E-state index contributed by atoms with van der Waals surface area (Å²) in [4.78, 5) is 0. The van der Waals surface area contributed by atoms with Crippen LogP contribution in [0, 0.1) is 25.2 Å². The number of aryl methyl sites for hydroxylation is 3. The van der Waals surface area contributed by atoms with Gasteiger partial charge >= 0.3 is 6.18 Å². The number of benzene rings is 1. The molecule has 0 bridgehead atoms. The molecule has 0 aliphatic rings. The zero-order chi connectivity index (χ0) is 14.4. The normalized spacial score (nSPS) is 11.8. The maximum Gasteiger partial charge on any atom is 0.431 e. The molecule has 2 aromatic rings. The highest BCUT2D eigenvalue weighted by Crippen LogP contribution is 2.39. The standard InChI is InChI=1S/C14H13F3N2/c1-8-6-9(2)12-10(4-5-18)13(14(15,16)17)19(3)11(12)7-8/h6-7H,4H2,1-3H3. The quantitative estimate of drug-likeness (QED) is 0.770. The number of alkyl halides is 3. The molecule has 0 aliphatic heterocycles. The van der Waals surface area contributed by atoms with Crippen LogP contribution in [-0.2, 0) is 19.6 Å². The van der Waals surface area contributed by atoms with Gasteiger partial charge in [0.25, 0.3) is 0 Å². The lowest BCUT2D eigenvalue weighted by molar-refractivity contribution is -0.143. The second kappa shape index (κ2) is 4.30. The molecule has 0 amide bonds. The van der Waals surface area contributed by atoms with E-state index in [0.29, 0.717) is 10.9 Å². The second-order valence-corrected chi connectivity index (χ2v) is 4.69. The van der Waals surface area contributed by atoms with Crippen molar-refractivity contribution >= 4 is 10.9 Å². The van der Waals surface area contributed by atoms with Gasteiger partial charge in [0.1, 0.15) is 5.69 Å². The molecule has 0 aliphatic carbocycles. The van der Waals surface area contributed by atoms with Crippen LogP contribution < -0.4 is 0 Å². The van der Waals surface area contributed by atoms with Crippen molar-refractivity contribution in [2.45, 2.75) is 26.4 Å². The van der Waals surface area contributed by atoms with Crippen molar-refractivity contribution < 1.29 is 13.2 Å². The minimum absolute atomic E-state index is 0.0741. The lowest BCUT2D eigenvalue weighted by atomic mass is 10.0. The van der Waals surface area contributed by atoms with Gasteiger partial charge in [0.05, 0.1) is 12.5 Å². The number of hydrogen-bond donors (Lipinski definition) is 0. The monoisotopic (exact) mass is 266 g/mol. The Morgan fingerprint density at radius 1 is 1.26 bits per heavy atom. The van der Waals surface area contributed by atoms with Crippen LogP contribution in [0.1, 0.15) is 22.4 Å². The topological polar surface area (TPSA) is 28.7 Å². The number of hydrogen-bond acceptors (Lipinski definition) is 1. The molecule has 1 aromatic carbocycles. The van der Waals surface area contributed by atoms with Crippen molar-refractivity contribution in [2.24, 2.45) is 7.05 Å². The summed E-state index contributed by atoms with van der Waals surface area (Å²) in [6.45, 7) is 3.62. The van der Waals surface area contributed by atoms with Crippen LogP contribution in [0.25, 0.3) is 10.9 Å². The van der Waals surface area contributed by atoms with E-state index in [4.69, 9.17) is 5.26 Å². The predicted molar refractivity (Wildman–Crippen MR) is 66.7 cm³/mol. The number of aromatic nitrogens is 1. The summed E-state index contributed by atoms with van der Waals surface area (Å²) in [6.07, 6.45) is -4.70. The fourth-order valence-electron chi connectivity index (χ4n) is 2.66. The Balaban J connectivity index is 2.97. The minimum atomic E-state index is -4.46. The van der Waals surface area contributed by atoms with Crippen molar-refractivity contribution in [2.75, 3.05) is 0 Å². The van der Waals surface area contributed by atoms with E-state index in [2.05, 4.69) is 0 Å². The number of rotatable bonds is 1. The smallest absolute Gasteiger partial charge is 0.340 e. The summed E-state index contributed by atoms with van der Waals surface area (Å²) in [6, 6.07) is 5.39. The average Bonchev–Trinajstić information content (AvgIpc) is 2.52. The van der Waals surface area contributed by atoms with Gasteiger partial charge in [-0.2, -0.15) is 18.4 Å². The van der Waals surface area contributed by atoms with Crippen LogP contribution in [0.15, 0.2) is 12.1 Å². The van der Waals surface area contributed by atoms with Crippen molar-refractivity contribution in [3.05, 3.63) is 34.5 Å². The first-order chi connectivity index (χ1) is 8.77. The van der Waals surface area contributed by atoms with Gasteiger partial charge in [-0.15, -0.1) is 0 Å². The number of halogens is 3. The third kappa shape index (κ3) is 2.07. The highest BCUT2D eigenvalue weighted by atomic mass is 19.4. The van der Waals surface area contributed by atoms with E-state index >= 15 is 0 Å². The molecular formula is C14H13F3N2. The van der Waals surface area contributed by atoms with Crippen LogP contribution in [0.3, 0.4) is 0 Å². The molecular weight excluding hydrogens is 253 g/mol. The molecule has 0 fully saturated rings. The van der Waals surface area contributed by atoms with Gasteiger partial charge in [-0.25, -0.2) is 0 Å². The van der Waals surface area contributed by atoms with E-state index in [1.54, 1.807) is 13.0 Å². The van der Waals surface area contributed by atoms with Gasteiger partial charge in [0.15, 0.2) is 0 Å².